The van der Waals surface area contributed by atoms with E-state index >= 15 is 0 Å². The molecule has 1 unspecified atom stereocenters. The van der Waals surface area contributed by atoms with Crippen LogP contribution in [0.15, 0.2) is 18.2 Å². The third-order valence-corrected chi connectivity index (χ3v) is 5.31. The number of nitrogens with one attached hydrogen (secondary N) is 1. The number of thioether (sulfide) groups is 1. The Morgan fingerprint density at radius 3 is 3.00 bits per heavy atom. The number of halogens is 1. The molecule has 0 spiro atoms. The topological polar surface area (TPSA) is 15.3 Å². The predicted octanol–water partition coefficient (Wildman–Crippen LogP) is 3.78. The summed E-state index contributed by atoms with van der Waals surface area (Å²) >= 11 is 8.48. The minimum Gasteiger partial charge on any atom is -0.369 e. The average molecular weight is 299 g/mol. The van der Waals surface area contributed by atoms with Gasteiger partial charge in [-0.3, -0.25) is 0 Å². The normalized spacial score (nSPS) is 19.7. The molecule has 1 fully saturated rings. The molecule has 1 atom stereocenters. The molecule has 19 heavy (non-hydrogen) atoms. The molecule has 1 aromatic rings. The van der Waals surface area contributed by atoms with Crippen LogP contribution in [0, 0.1) is 0 Å². The van der Waals surface area contributed by atoms with Crippen LogP contribution in [0.2, 0.25) is 5.02 Å². The zero-order valence-electron chi connectivity index (χ0n) is 11.8. The summed E-state index contributed by atoms with van der Waals surface area (Å²) in [6.07, 6.45) is 1.24. The van der Waals surface area contributed by atoms with Crippen molar-refractivity contribution in [1.82, 2.24) is 5.32 Å². The summed E-state index contributed by atoms with van der Waals surface area (Å²) in [6.45, 7) is 8.49. The molecule has 1 aromatic carbocycles. The number of hydrogen-bond acceptors (Lipinski definition) is 3. The molecule has 2 nitrogen and oxygen atoms in total. The van der Waals surface area contributed by atoms with Gasteiger partial charge in [-0.15, -0.1) is 0 Å². The lowest BCUT2D eigenvalue weighted by molar-refractivity contribution is 0.702. The molecule has 0 amide bonds. The van der Waals surface area contributed by atoms with Gasteiger partial charge in [0.15, 0.2) is 0 Å². The summed E-state index contributed by atoms with van der Waals surface area (Å²) in [6, 6.07) is 6.27. The molecule has 0 saturated carbocycles. The first-order chi connectivity index (χ1) is 9.26. The van der Waals surface area contributed by atoms with E-state index in [1.807, 2.05) is 6.07 Å². The van der Waals surface area contributed by atoms with Crippen LogP contribution in [0.3, 0.4) is 0 Å². The monoisotopic (exact) mass is 298 g/mol. The van der Waals surface area contributed by atoms with Crippen LogP contribution >= 0.6 is 23.4 Å². The van der Waals surface area contributed by atoms with Gasteiger partial charge in [-0.05, 0) is 25.1 Å². The van der Waals surface area contributed by atoms with E-state index < -0.39 is 0 Å². The summed E-state index contributed by atoms with van der Waals surface area (Å²) < 4.78 is 0. The molecular formula is C15H23ClN2S. The molecular weight excluding hydrogens is 276 g/mol. The van der Waals surface area contributed by atoms with E-state index in [1.54, 1.807) is 0 Å². The van der Waals surface area contributed by atoms with Gasteiger partial charge in [0.1, 0.15) is 0 Å². The van der Waals surface area contributed by atoms with Crippen molar-refractivity contribution in [2.24, 2.45) is 0 Å². The Balaban J connectivity index is 2.20. The average Bonchev–Trinajstić information content (AvgIpc) is 2.46. The van der Waals surface area contributed by atoms with Crippen LogP contribution in [0.25, 0.3) is 0 Å². The van der Waals surface area contributed by atoms with Crippen LogP contribution in [0.1, 0.15) is 25.8 Å². The van der Waals surface area contributed by atoms with Crippen molar-refractivity contribution < 1.29 is 0 Å². The first-order valence-corrected chi connectivity index (χ1v) is 8.53. The summed E-state index contributed by atoms with van der Waals surface area (Å²) in [7, 11) is 0. The Morgan fingerprint density at radius 1 is 1.42 bits per heavy atom. The zero-order valence-corrected chi connectivity index (χ0v) is 13.4. The fourth-order valence-electron chi connectivity index (χ4n) is 2.45. The second-order valence-electron chi connectivity index (χ2n) is 4.86. The fraction of sp³-hybridized carbons (Fsp3) is 0.600. The van der Waals surface area contributed by atoms with Crippen molar-refractivity contribution in [3.05, 3.63) is 28.8 Å². The number of benzene rings is 1. The summed E-state index contributed by atoms with van der Waals surface area (Å²) in [5.41, 5.74) is 2.56. The van der Waals surface area contributed by atoms with Gasteiger partial charge < -0.3 is 10.2 Å². The molecule has 1 aliphatic rings. The molecule has 0 radical (unpaired) electrons. The molecule has 4 heteroatoms. The highest BCUT2D eigenvalue weighted by molar-refractivity contribution is 8.00. The van der Waals surface area contributed by atoms with E-state index in [0.717, 1.165) is 36.5 Å². The van der Waals surface area contributed by atoms with Crippen LogP contribution in [-0.4, -0.2) is 30.6 Å². The zero-order chi connectivity index (χ0) is 13.7. The lowest BCUT2D eigenvalue weighted by Crippen LogP contribution is -2.38. The fourth-order valence-corrected chi connectivity index (χ4v) is 3.87. The predicted molar refractivity (Wildman–Crippen MR) is 87.6 cm³/mol. The number of rotatable bonds is 5. The maximum absolute atomic E-state index is 6.38. The van der Waals surface area contributed by atoms with Gasteiger partial charge in [-0.25, -0.2) is 0 Å². The molecule has 1 heterocycles. The first-order valence-electron chi connectivity index (χ1n) is 7.10. The van der Waals surface area contributed by atoms with Crippen molar-refractivity contribution in [2.75, 3.05) is 30.3 Å². The van der Waals surface area contributed by atoms with E-state index in [-0.39, 0.29) is 0 Å². The highest BCUT2D eigenvalue weighted by Gasteiger charge is 2.21. The SMILES string of the molecule is CCNCc1c(Cl)cccc1N1CCSC(CC)C1. The Labute approximate surface area is 125 Å². The van der Waals surface area contributed by atoms with Gasteiger partial charge in [-0.1, -0.05) is 31.5 Å². The minimum atomic E-state index is 0.750. The van der Waals surface area contributed by atoms with Gasteiger partial charge in [0.2, 0.25) is 0 Å². The van der Waals surface area contributed by atoms with Crippen molar-refractivity contribution in [3.63, 3.8) is 0 Å². The second kappa shape index (κ2) is 7.41. The van der Waals surface area contributed by atoms with Crippen molar-refractivity contribution in [2.45, 2.75) is 32.1 Å². The molecule has 106 valence electrons. The van der Waals surface area contributed by atoms with Crippen molar-refractivity contribution in [1.29, 1.82) is 0 Å². The minimum absolute atomic E-state index is 0.750. The Kier molecular flexibility index (Phi) is 5.86. The lowest BCUT2D eigenvalue weighted by Gasteiger charge is -2.35. The van der Waals surface area contributed by atoms with E-state index in [1.165, 1.54) is 23.4 Å². The molecule has 1 saturated heterocycles. The van der Waals surface area contributed by atoms with E-state index in [4.69, 9.17) is 11.6 Å². The molecule has 0 aromatic heterocycles. The van der Waals surface area contributed by atoms with Gasteiger partial charge in [0.25, 0.3) is 0 Å². The van der Waals surface area contributed by atoms with Gasteiger partial charge in [-0.2, -0.15) is 11.8 Å². The third-order valence-electron chi connectivity index (χ3n) is 3.58. The number of anilines is 1. The largest absolute Gasteiger partial charge is 0.369 e. The van der Waals surface area contributed by atoms with Gasteiger partial charge in [0.05, 0.1) is 0 Å². The molecule has 2 rings (SSSR count). The lowest BCUT2D eigenvalue weighted by atomic mass is 10.1. The van der Waals surface area contributed by atoms with E-state index in [9.17, 15) is 0 Å². The van der Waals surface area contributed by atoms with Gasteiger partial charge >= 0.3 is 0 Å². The first kappa shape index (κ1) is 15.0. The number of nitrogens with zero attached hydrogens (tertiary/aromatic N) is 1. The maximum atomic E-state index is 6.38. The van der Waals surface area contributed by atoms with E-state index in [2.05, 4.69) is 48.0 Å². The molecule has 1 aliphatic heterocycles. The van der Waals surface area contributed by atoms with Crippen molar-refractivity contribution in [3.8, 4) is 0 Å². The molecule has 0 aliphatic carbocycles. The summed E-state index contributed by atoms with van der Waals surface area (Å²) in [4.78, 5) is 2.50. The number of hydrogen-bond donors (Lipinski definition) is 1. The Hall–Kier alpha value is -0.380. The Morgan fingerprint density at radius 2 is 2.26 bits per heavy atom. The van der Waals surface area contributed by atoms with Crippen LogP contribution in [-0.2, 0) is 6.54 Å². The van der Waals surface area contributed by atoms with Crippen LogP contribution in [0.5, 0.6) is 0 Å². The summed E-state index contributed by atoms with van der Waals surface area (Å²) in [5.74, 6) is 1.21. The smallest absolute Gasteiger partial charge is 0.0471 e. The highest BCUT2D eigenvalue weighted by Crippen LogP contribution is 2.31. The van der Waals surface area contributed by atoms with E-state index in [0.29, 0.717) is 0 Å². The van der Waals surface area contributed by atoms with Crippen LogP contribution < -0.4 is 10.2 Å². The third kappa shape index (κ3) is 3.80. The van der Waals surface area contributed by atoms with Crippen LogP contribution in [0.4, 0.5) is 5.69 Å². The standard InChI is InChI=1S/C15H23ClN2S/c1-3-12-11-18(8-9-19-12)15-7-5-6-14(16)13(15)10-17-4-2/h5-7,12,17H,3-4,8-11H2,1-2H3. The second-order valence-corrected chi connectivity index (χ2v) is 6.68. The van der Waals surface area contributed by atoms with Crippen molar-refractivity contribution >= 4 is 29.1 Å². The maximum Gasteiger partial charge on any atom is 0.0471 e. The quantitative estimate of drug-likeness (QED) is 0.890. The summed E-state index contributed by atoms with van der Waals surface area (Å²) in [5, 5.41) is 5.02. The van der Waals surface area contributed by atoms with Gasteiger partial charge in [0, 0.05) is 46.9 Å². The highest BCUT2D eigenvalue weighted by atomic mass is 35.5. The molecule has 0 bridgehead atoms. The molecule has 1 N–H and O–H groups in total. The Bertz CT molecular complexity index is 411.